The fraction of sp³-hybridized carbons (Fsp3) is 0.941. The van der Waals surface area contributed by atoms with Gasteiger partial charge in [0, 0.05) is 26.7 Å². The summed E-state index contributed by atoms with van der Waals surface area (Å²) >= 11 is 0. The summed E-state index contributed by atoms with van der Waals surface area (Å²) in [7, 11) is 1.85. The molecule has 1 aliphatic rings. The van der Waals surface area contributed by atoms with Crippen molar-refractivity contribution in [3.05, 3.63) is 0 Å². The molecule has 0 unspecified atom stereocenters. The predicted molar refractivity (Wildman–Crippen MR) is 112 cm³/mol. The van der Waals surface area contributed by atoms with E-state index in [2.05, 4.69) is 46.2 Å². The molecule has 0 aromatic carbocycles. The van der Waals surface area contributed by atoms with Crippen LogP contribution in [-0.4, -0.2) is 75.2 Å². The minimum absolute atomic E-state index is 0. The summed E-state index contributed by atoms with van der Waals surface area (Å²) in [6.07, 6.45) is 3.91. The number of guanidine groups is 1. The normalized spacial score (nSPS) is 17.2. The van der Waals surface area contributed by atoms with Gasteiger partial charge in [-0.25, -0.2) is 0 Å². The maximum atomic E-state index is 4.29. The summed E-state index contributed by atoms with van der Waals surface area (Å²) < 4.78 is 0. The van der Waals surface area contributed by atoms with Crippen molar-refractivity contribution in [1.29, 1.82) is 0 Å². The van der Waals surface area contributed by atoms with Gasteiger partial charge in [-0.15, -0.1) is 24.0 Å². The maximum absolute atomic E-state index is 4.29. The Bertz CT molecular complexity index is 299. The highest BCUT2D eigenvalue weighted by Gasteiger charge is 2.14. The van der Waals surface area contributed by atoms with E-state index in [1.54, 1.807) is 0 Å². The molecule has 138 valence electrons. The summed E-state index contributed by atoms with van der Waals surface area (Å²) in [6, 6.07) is 0. The number of likely N-dealkylation sites (N-methyl/N-ethyl adjacent to an activating group) is 1. The van der Waals surface area contributed by atoms with Crippen molar-refractivity contribution in [1.82, 2.24) is 20.4 Å². The van der Waals surface area contributed by atoms with Crippen molar-refractivity contribution >= 4 is 29.9 Å². The van der Waals surface area contributed by atoms with Crippen molar-refractivity contribution < 1.29 is 0 Å². The zero-order chi connectivity index (χ0) is 16.2. The predicted octanol–water partition coefficient (Wildman–Crippen LogP) is 2.23. The Labute approximate surface area is 160 Å². The van der Waals surface area contributed by atoms with Crippen molar-refractivity contribution in [2.24, 2.45) is 10.9 Å². The standard InChI is InChI=1S/C17H37N5.HI/c1-5-21(6-2)15-11-20-17(18-4)19-10-7-12-22-13-8-16(3)9-14-22;/h16H,5-15H2,1-4H3,(H2,18,19,20);1H. The Morgan fingerprint density at radius 2 is 1.74 bits per heavy atom. The van der Waals surface area contributed by atoms with E-state index in [-0.39, 0.29) is 24.0 Å². The minimum atomic E-state index is 0. The fourth-order valence-corrected chi connectivity index (χ4v) is 2.89. The second-order valence-electron chi connectivity index (χ2n) is 6.33. The lowest BCUT2D eigenvalue weighted by atomic mass is 9.99. The number of halogens is 1. The smallest absolute Gasteiger partial charge is 0.191 e. The van der Waals surface area contributed by atoms with E-state index in [1.165, 1.54) is 38.9 Å². The Morgan fingerprint density at radius 3 is 2.30 bits per heavy atom. The van der Waals surface area contributed by atoms with E-state index >= 15 is 0 Å². The molecule has 1 fully saturated rings. The third-order valence-electron chi connectivity index (χ3n) is 4.66. The first-order valence-corrected chi connectivity index (χ1v) is 9.08. The van der Waals surface area contributed by atoms with Crippen LogP contribution >= 0.6 is 24.0 Å². The molecule has 2 N–H and O–H groups in total. The van der Waals surface area contributed by atoms with Crippen molar-refractivity contribution in [2.45, 2.75) is 40.0 Å². The number of hydrogen-bond acceptors (Lipinski definition) is 3. The van der Waals surface area contributed by atoms with Gasteiger partial charge in [-0.3, -0.25) is 4.99 Å². The first kappa shape index (κ1) is 22.9. The molecule has 23 heavy (non-hydrogen) atoms. The average molecular weight is 439 g/mol. The van der Waals surface area contributed by atoms with Gasteiger partial charge in [-0.05, 0) is 57.9 Å². The molecule has 0 amide bonds. The molecule has 6 heteroatoms. The van der Waals surface area contributed by atoms with Gasteiger partial charge in [0.2, 0.25) is 0 Å². The SMILES string of the molecule is CCN(CC)CCNC(=NC)NCCCN1CCC(C)CC1.I. The highest BCUT2D eigenvalue weighted by atomic mass is 127. The number of nitrogens with one attached hydrogen (secondary N) is 2. The number of aliphatic imine (C=N–C) groups is 1. The molecule has 1 rings (SSSR count). The van der Waals surface area contributed by atoms with Gasteiger partial charge in [0.25, 0.3) is 0 Å². The van der Waals surface area contributed by atoms with Gasteiger partial charge in [0.05, 0.1) is 0 Å². The molecule has 0 spiro atoms. The van der Waals surface area contributed by atoms with E-state index in [9.17, 15) is 0 Å². The summed E-state index contributed by atoms with van der Waals surface area (Å²) in [5, 5.41) is 6.82. The summed E-state index contributed by atoms with van der Waals surface area (Å²) in [6.45, 7) is 15.8. The van der Waals surface area contributed by atoms with Gasteiger partial charge in [0.15, 0.2) is 5.96 Å². The zero-order valence-electron chi connectivity index (χ0n) is 15.6. The van der Waals surface area contributed by atoms with Gasteiger partial charge in [-0.2, -0.15) is 0 Å². The first-order valence-electron chi connectivity index (χ1n) is 9.08. The Hall–Kier alpha value is -0.0800. The fourth-order valence-electron chi connectivity index (χ4n) is 2.89. The molecule has 1 saturated heterocycles. The Morgan fingerprint density at radius 1 is 1.13 bits per heavy atom. The van der Waals surface area contributed by atoms with Crippen LogP contribution in [0.5, 0.6) is 0 Å². The summed E-state index contributed by atoms with van der Waals surface area (Å²) in [5.74, 6) is 1.85. The van der Waals surface area contributed by atoms with E-state index in [0.29, 0.717) is 0 Å². The molecule has 0 atom stereocenters. The van der Waals surface area contributed by atoms with Crippen LogP contribution in [0.25, 0.3) is 0 Å². The Kier molecular flexibility index (Phi) is 14.2. The van der Waals surface area contributed by atoms with Crippen LogP contribution in [0.3, 0.4) is 0 Å². The highest BCUT2D eigenvalue weighted by Crippen LogP contribution is 2.15. The highest BCUT2D eigenvalue weighted by molar-refractivity contribution is 14.0. The quantitative estimate of drug-likeness (QED) is 0.250. The van der Waals surface area contributed by atoms with E-state index in [4.69, 9.17) is 0 Å². The average Bonchev–Trinajstić information content (AvgIpc) is 2.55. The molecule has 0 aromatic rings. The second kappa shape index (κ2) is 14.3. The molecular formula is C17H38IN5. The molecular weight excluding hydrogens is 401 g/mol. The largest absolute Gasteiger partial charge is 0.356 e. The zero-order valence-corrected chi connectivity index (χ0v) is 17.9. The van der Waals surface area contributed by atoms with E-state index in [1.807, 2.05) is 7.05 Å². The molecule has 0 aromatic heterocycles. The van der Waals surface area contributed by atoms with Crippen LogP contribution in [0, 0.1) is 5.92 Å². The second-order valence-corrected chi connectivity index (χ2v) is 6.33. The third kappa shape index (κ3) is 10.4. The molecule has 1 aliphatic heterocycles. The van der Waals surface area contributed by atoms with Gasteiger partial charge >= 0.3 is 0 Å². The molecule has 0 saturated carbocycles. The molecule has 0 radical (unpaired) electrons. The van der Waals surface area contributed by atoms with Crippen LogP contribution in [0.15, 0.2) is 4.99 Å². The van der Waals surface area contributed by atoms with Gasteiger partial charge < -0.3 is 20.4 Å². The van der Waals surface area contributed by atoms with Crippen LogP contribution in [0.1, 0.15) is 40.0 Å². The van der Waals surface area contributed by atoms with Crippen LogP contribution in [0.4, 0.5) is 0 Å². The van der Waals surface area contributed by atoms with E-state index < -0.39 is 0 Å². The number of piperidine rings is 1. The Balaban J connectivity index is 0.00000484. The number of rotatable bonds is 9. The molecule has 1 heterocycles. The van der Waals surface area contributed by atoms with E-state index in [0.717, 1.165) is 44.6 Å². The van der Waals surface area contributed by atoms with Crippen LogP contribution in [0.2, 0.25) is 0 Å². The topological polar surface area (TPSA) is 42.9 Å². The lowest BCUT2D eigenvalue weighted by Crippen LogP contribution is -2.42. The lowest BCUT2D eigenvalue weighted by Gasteiger charge is -2.30. The first-order chi connectivity index (χ1) is 10.7. The summed E-state index contributed by atoms with van der Waals surface area (Å²) in [4.78, 5) is 9.30. The van der Waals surface area contributed by atoms with Gasteiger partial charge in [0.1, 0.15) is 0 Å². The number of nitrogens with zero attached hydrogens (tertiary/aromatic N) is 3. The number of hydrogen-bond donors (Lipinski definition) is 2. The third-order valence-corrected chi connectivity index (χ3v) is 4.66. The molecule has 0 bridgehead atoms. The number of likely N-dealkylation sites (tertiary alicyclic amines) is 1. The molecule has 5 nitrogen and oxygen atoms in total. The van der Waals surface area contributed by atoms with Crippen LogP contribution in [-0.2, 0) is 0 Å². The monoisotopic (exact) mass is 439 g/mol. The minimum Gasteiger partial charge on any atom is -0.356 e. The molecule has 0 aliphatic carbocycles. The maximum Gasteiger partial charge on any atom is 0.191 e. The van der Waals surface area contributed by atoms with Crippen molar-refractivity contribution in [2.75, 3.05) is 59.4 Å². The summed E-state index contributed by atoms with van der Waals surface area (Å²) in [5.41, 5.74) is 0. The van der Waals surface area contributed by atoms with Crippen molar-refractivity contribution in [3.8, 4) is 0 Å². The lowest BCUT2D eigenvalue weighted by molar-refractivity contribution is 0.191. The van der Waals surface area contributed by atoms with Gasteiger partial charge in [-0.1, -0.05) is 20.8 Å². The van der Waals surface area contributed by atoms with Crippen LogP contribution < -0.4 is 10.6 Å². The van der Waals surface area contributed by atoms with Crippen molar-refractivity contribution in [3.63, 3.8) is 0 Å².